The Hall–Kier alpha value is -3.10. The standard InChI is InChI=1S/C26H26N2O4S2/c29-26-15-8-21-18-23(11-14-25(21)27-26)32-17-5-4-16-28(33)22-9-12-24(13-10-22)34(30,31)19-20-6-2-1-3-7-20/h1-3,6-7,9-14,16,18H,4-5,8,15,17,19H2,(H-,27,29,33)/p+1. The number of hydrogen-bond acceptors (Lipinski definition) is 5. The fraction of sp³-hybridized carbons (Fsp3) is 0.231. The molecule has 1 heterocycles. The number of thiol groups is 1. The number of rotatable bonds is 9. The maximum atomic E-state index is 12.7. The highest BCUT2D eigenvalue weighted by Gasteiger charge is 2.17. The third-order valence-corrected chi connectivity index (χ3v) is 7.65. The molecule has 6 nitrogen and oxygen atoms in total. The summed E-state index contributed by atoms with van der Waals surface area (Å²) in [5.74, 6) is 0.823. The Kier molecular flexibility index (Phi) is 7.70. The zero-order valence-electron chi connectivity index (χ0n) is 18.7. The van der Waals surface area contributed by atoms with Gasteiger partial charge < -0.3 is 10.1 Å². The number of nitrogens with one attached hydrogen (secondary N) is 1. The van der Waals surface area contributed by atoms with Crippen LogP contribution in [-0.4, -0.2) is 31.1 Å². The molecule has 0 unspecified atom stereocenters. The van der Waals surface area contributed by atoms with E-state index in [1.807, 2.05) is 54.7 Å². The van der Waals surface area contributed by atoms with Gasteiger partial charge in [0.05, 0.1) is 17.3 Å². The summed E-state index contributed by atoms with van der Waals surface area (Å²) in [5, 5.41) is 2.87. The Morgan fingerprint density at radius 2 is 1.76 bits per heavy atom. The number of sulfone groups is 1. The highest BCUT2D eigenvalue weighted by Crippen LogP contribution is 2.27. The minimum absolute atomic E-state index is 0.0250. The van der Waals surface area contributed by atoms with Crippen LogP contribution in [0, 0.1) is 0 Å². The molecule has 0 aliphatic carbocycles. The average molecular weight is 496 g/mol. The molecule has 34 heavy (non-hydrogen) atoms. The Bertz CT molecular complexity index is 1290. The Morgan fingerprint density at radius 3 is 2.53 bits per heavy atom. The van der Waals surface area contributed by atoms with Crippen LogP contribution < -0.4 is 10.1 Å². The summed E-state index contributed by atoms with van der Waals surface area (Å²) in [4.78, 5) is 11.7. The number of carbonyl (C=O) groups excluding carboxylic acids is 1. The molecule has 0 fully saturated rings. The molecule has 0 saturated carbocycles. The van der Waals surface area contributed by atoms with Crippen LogP contribution in [0.15, 0.2) is 77.7 Å². The van der Waals surface area contributed by atoms with Crippen molar-refractivity contribution in [3.63, 3.8) is 0 Å². The van der Waals surface area contributed by atoms with Crippen molar-refractivity contribution < 1.29 is 21.9 Å². The molecule has 0 aromatic heterocycles. The summed E-state index contributed by atoms with van der Waals surface area (Å²) in [6, 6.07) is 21.6. The van der Waals surface area contributed by atoms with Crippen molar-refractivity contribution in [2.24, 2.45) is 0 Å². The van der Waals surface area contributed by atoms with Gasteiger partial charge in [0.15, 0.2) is 16.1 Å². The lowest BCUT2D eigenvalue weighted by atomic mass is 10.0. The molecule has 1 aliphatic rings. The van der Waals surface area contributed by atoms with Crippen LogP contribution in [0.3, 0.4) is 0 Å². The lowest BCUT2D eigenvalue weighted by molar-refractivity contribution is -0.228. The van der Waals surface area contributed by atoms with Gasteiger partial charge >= 0.3 is 0 Å². The molecule has 0 atom stereocenters. The van der Waals surface area contributed by atoms with E-state index >= 15 is 0 Å². The third-order valence-electron chi connectivity index (χ3n) is 5.55. The van der Waals surface area contributed by atoms with E-state index in [0.29, 0.717) is 17.9 Å². The van der Waals surface area contributed by atoms with Gasteiger partial charge in [0.25, 0.3) is 0 Å². The number of anilines is 1. The molecule has 0 spiro atoms. The Balaban J connectivity index is 1.27. The second kappa shape index (κ2) is 10.9. The molecule has 1 N–H and O–H groups in total. The van der Waals surface area contributed by atoms with Crippen LogP contribution in [0.2, 0.25) is 0 Å². The van der Waals surface area contributed by atoms with Gasteiger partial charge in [-0.3, -0.25) is 4.79 Å². The van der Waals surface area contributed by atoms with Gasteiger partial charge in [-0.1, -0.05) is 30.3 Å². The summed E-state index contributed by atoms with van der Waals surface area (Å²) in [7, 11) is -3.41. The first-order valence-corrected chi connectivity index (χ1v) is 13.2. The van der Waals surface area contributed by atoms with E-state index in [2.05, 4.69) is 18.1 Å². The second-order valence-corrected chi connectivity index (χ2v) is 10.5. The van der Waals surface area contributed by atoms with Crippen molar-refractivity contribution in [1.82, 2.24) is 0 Å². The maximum Gasteiger partial charge on any atom is 0.224 e. The molecule has 0 radical (unpaired) electrons. The summed E-state index contributed by atoms with van der Waals surface area (Å²) in [6.07, 6.45) is 4.71. The predicted molar refractivity (Wildman–Crippen MR) is 137 cm³/mol. The van der Waals surface area contributed by atoms with E-state index < -0.39 is 9.84 Å². The van der Waals surface area contributed by atoms with Gasteiger partial charge in [0.2, 0.25) is 11.6 Å². The van der Waals surface area contributed by atoms with Gasteiger partial charge in [-0.05, 0) is 54.3 Å². The number of unbranched alkanes of at least 4 members (excludes halogenated alkanes) is 1. The van der Waals surface area contributed by atoms with Gasteiger partial charge in [-0.25, -0.2) is 8.42 Å². The molecule has 3 aromatic carbocycles. The first kappa shape index (κ1) is 24.0. The summed E-state index contributed by atoms with van der Waals surface area (Å²) in [6.45, 7) is 0.555. The molecule has 8 heteroatoms. The van der Waals surface area contributed by atoms with Crippen LogP contribution in [0.1, 0.15) is 30.4 Å². The molecule has 4 rings (SSSR count). The van der Waals surface area contributed by atoms with Crippen molar-refractivity contribution in [3.05, 3.63) is 83.9 Å². The normalized spacial score (nSPS) is 13.8. The molecular formula is C26H27N2O4S2+. The minimum Gasteiger partial charge on any atom is -0.494 e. The molecule has 0 bridgehead atoms. The lowest BCUT2D eigenvalue weighted by Gasteiger charge is -2.17. The van der Waals surface area contributed by atoms with Crippen molar-refractivity contribution in [1.29, 1.82) is 0 Å². The van der Waals surface area contributed by atoms with Crippen LogP contribution in [-0.2, 0) is 26.8 Å². The number of ether oxygens (including phenoxy) is 1. The molecule has 176 valence electrons. The fourth-order valence-corrected chi connectivity index (χ4v) is 5.32. The second-order valence-electron chi connectivity index (χ2n) is 8.12. The van der Waals surface area contributed by atoms with Gasteiger partial charge in [0.1, 0.15) is 18.6 Å². The zero-order chi connectivity index (χ0) is 24.0. The Morgan fingerprint density at radius 1 is 1.00 bits per heavy atom. The maximum absolute atomic E-state index is 12.7. The third kappa shape index (κ3) is 6.27. The van der Waals surface area contributed by atoms with Crippen LogP contribution in [0.5, 0.6) is 5.75 Å². The highest BCUT2D eigenvalue weighted by atomic mass is 32.2. The summed E-state index contributed by atoms with van der Waals surface area (Å²) in [5.41, 5.74) is 3.51. The highest BCUT2D eigenvalue weighted by molar-refractivity contribution is 7.90. The van der Waals surface area contributed by atoms with Gasteiger partial charge in [0, 0.05) is 30.7 Å². The average Bonchev–Trinajstić information content (AvgIpc) is 2.84. The molecule has 0 saturated heterocycles. The van der Waals surface area contributed by atoms with Crippen molar-refractivity contribution in [2.75, 3.05) is 11.9 Å². The Labute approximate surface area is 205 Å². The number of amides is 1. The number of aryl methyl sites for hydroxylation is 1. The largest absolute Gasteiger partial charge is 0.494 e. The van der Waals surface area contributed by atoms with Gasteiger partial charge in [-0.2, -0.15) is 0 Å². The van der Waals surface area contributed by atoms with Gasteiger partial charge in [-0.15, -0.1) is 3.98 Å². The van der Waals surface area contributed by atoms with E-state index in [1.165, 1.54) is 0 Å². The van der Waals surface area contributed by atoms with E-state index in [-0.39, 0.29) is 11.7 Å². The SMILES string of the molecule is O=C1CCc2cc(OCCCC=[N+](S)c3ccc(S(=O)(=O)Cc4ccccc4)cc3)ccc2N1. The van der Waals surface area contributed by atoms with Crippen LogP contribution in [0.4, 0.5) is 11.4 Å². The number of hydrogen-bond donors (Lipinski definition) is 2. The number of nitrogens with zero attached hydrogens (tertiary/aromatic N) is 1. The topological polar surface area (TPSA) is 75.5 Å². The molecular weight excluding hydrogens is 468 g/mol. The van der Waals surface area contributed by atoms with E-state index in [0.717, 1.165) is 47.5 Å². The predicted octanol–water partition coefficient (Wildman–Crippen LogP) is 4.96. The number of carbonyl (C=O) groups is 1. The van der Waals surface area contributed by atoms with E-state index in [1.54, 1.807) is 28.2 Å². The quantitative estimate of drug-likeness (QED) is 0.190. The number of fused-ring (bicyclic) bond motifs is 1. The molecule has 1 amide bonds. The summed E-state index contributed by atoms with van der Waals surface area (Å²) >= 11 is 4.49. The van der Waals surface area contributed by atoms with Crippen molar-refractivity contribution >= 4 is 46.1 Å². The monoisotopic (exact) mass is 495 g/mol. The lowest BCUT2D eigenvalue weighted by Crippen LogP contribution is -2.18. The first-order valence-electron chi connectivity index (χ1n) is 11.1. The number of benzene rings is 3. The molecule has 1 aliphatic heterocycles. The van der Waals surface area contributed by atoms with Crippen molar-refractivity contribution in [2.45, 2.75) is 36.3 Å². The van der Waals surface area contributed by atoms with E-state index in [4.69, 9.17) is 4.74 Å². The zero-order valence-corrected chi connectivity index (χ0v) is 20.4. The first-order chi connectivity index (χ1) is 16.4. The van der Waals surface area contributed by atoms with Crippen LogP contribution in [0.25, 0.3) is 0 Å². The van der Waals surface area contributed by atoms with Crippen LogP contribution >= 0.6 is 12.8 Å². The van der Waals surface area contributed by atoms with E-state index in [9.17, 15) is 13.2 Å². The smallest absolute Gasteiger partial charge is 0.224 e. The summed E-state index contributed by atoms with van der Waals surface area (Å²) < 4.78 is 32.9. The fourth-order valence-electron chi connectivity index (χ4n) is 3.73. The molecule has 3 aromatic rings. The van der Waals surface area contributed by atoms with Crippen molar-refractivity contribution in [3.8, 4) is 5.75 Å². The minimum atomic E-state index is -3.41.